The largest absolute Gasteiger partial charge is 0.455 e. The highest BCUT2D eigenvalue weighted by Gasteiger charge is 2.75. The van der Waals surface area contributed by atoms with E-state index in [1.54, 1.807) is 126 Å². The van der Waals surface area contributed by atoms with Gasteiger partial charge in [-0.2, -0.15) is 0 Å². The Labute approximate surface area is 404 Å². The summed E-state index contributed by atoms with van der Waals surface area (Å²) in [6.45, 7) is 10.5. The van der Waals surface area contributed by atoms with Gasteiger partial charge < -0.3 is 39.3 Å². The molecular weight excluding hydrogens is 905 g/mol. The Bertz CT molecular complexity index is 2600. The lowest BCUT2D eigenvalue weighted by molar-refractivity contribution is -0.312. The average Bonchev–Trinajstić information content (AvgIpc) is 3.66. The molecule has 8 rings (SSSR count). The number of aliphatic hydroxyl groups excluding tert-OH is 1. The van der Waals surface area contributed by atoms with Crippen LogP contribution in [0.3, 0.4) is 0 Å². The lowest BCUT2D eigenvalue weighted by Gasteiger charge is -2.68. The molecule has 11 atom stereocenters. The summed E-state index contributed by atoms with van der Waals surface area (Å²) in [4.78, 5) is 114. The van der Waals surface area contributed by atoms with Gasteiger partial charge in [0.1, 0.15) is 29.6 Å². The number of carbonyl (C=O) groups is 8. The van der Waals surface area contributed by atoms with Crippen LogP contribution in [0.15, 0.2) is 102 Å². The van der Waals surface area contributed by atoms with Gasteiger partial charge in [-0.25, -0.2) is 14.4 Å². The number of rotatable bonds is 13. The van der Waals surface area contributed by atoms with E-state index in [0.29, 0.717) is 21.8 Å². The monoisotopic (exact) mass is 962 g/mol. The number of ketones is 1. The third-order valence-electron chi connectivity index (χ3n) is 15.6. The number of nitrogens with one attached hydrogen (secondary N) is 1. The molecule has 0 radical (unpaired) electrons. The molecule has 70 heavy (non-hydrogen) atoms. The van der Waals surface area contributed by atoms with Crippen LogP contribution >= 0.6 is 0 Å². The Morgan fingerprint density at radius 1 is 0.814 bits per heavy atom. The number of benzene rings is 3. The molecule has 0 unspecified atom stereocenters. The van der Waals surface area contributed by atoms with Gasteiger partial charge in [0.2, 0.25) is 6.10 Å². The van der Waals surface area contributed by atoms with Crippen LogP contribution in [0, 0.1) is 28.1 Å². The highest BCUT2D eigenvalue weighted by atomic mass is 16.7. The zero-order valence-electron chi connectivity index (χ0n) is 39.9. The van der Waals surface area contributed by atoms with Crippen molar-refractivity contribution in [2.45, 2.75) is 122 Å². The molecule has 3 aromatic carbocycles. The summed E-state index contributed by atoms with van der Waals surface area (Å²) in [7, 11) is 0. The second kappa shape index (κ2) is 19.0. The van der Waals surface area contributed by atoms with Gasteiger partial charge in [-0.1, -0.05) is 94.4 Å². The van der Waals surface area contributed by atoms with Crippen molar-refractivity contribution in [3.05, 3.63) is 119 Å². The number of carbonyl (C=O) groups excluding carboxylic acids is 8. The number of imide groups is 1. The van der Waals surface area contributed by atoms with E-state index in [1.807, 2.05) is 6.92 Å². The topological polar surface area (TPSA) is 238 Å². The van der Waals surface area contributed by atoms with Crippen molar-refractivity contribution in [2.75, 3.05) is 6.61 Å². The smallest absolute Gasteiger partial charge is 0.350 e. The molecule has 2 saturated carbocycles. The summed E-state index contributed by atoms with van der Waals surface area (Å²) in [5.41, 5.74) is -4.51. The van der Waals surface area contributed by atoms with Gasteiger partial charge in [-0.15, -0.1) is 5.06 Å². The minimum Gasteiger partial charge on any atom is -0.455 e. The van der Waals surface area contributed by atoms with Crippen LogP contribution in [0.1, 0.15) is 112 Å². The molecule has 2 saturated heterocycles. The maximum atomic E-state index is 15.4. The van der Waals surface area contributed by atoms with Gasteiger partial charge in [-0.05, 0) is 54.8 Å². The number of aliphatic hydroxyl groups is 2. The van der Waals surface area contributed by atoms with Gasteiger partial charge in [0.05, 0.1) is 42.6 Å². The number of nitrogens with zero attached hydrogens (tertiary/aromatic N) is 1. The molecule has 3 N–H and O–H groups in total. The van der Waals surface area contributed by atoms with Gasteiger partial charge >= 0.3 is 23.9 Å². The summed E-state index contributed by atoms with van der Waals surface area (Å²) in [6.07, 6.45) is -8.62. The first-order valence-corrected chi connectivity index (χ1v) is 23.5. The SMILES string of the molecule is CC1=C2[C@@H](C)C(=O)[C@@]3(C)[C@H]([C@H](OC(=O)c4ccccc4)[C@](O)(C[C@@H]1OC(=O)[C@H](OC(=O)CCC(=O)ON1C(=O)CCC1=O)[C@@H](NC(=O)c1ccccc1)c1ccccc1)C2(C)C)[C@]1(C)CO[C@@H]1C[C@@H]3O. The molecule has 2 heterocycles. The van der Waals surface area contributed by atoms with E-state index in [2.05, 4.69) is 5.32 Å². The second-order valence-corrected chi connectivity index (χ2v) is 20.1. The molecule has 3 aromatic rings. The Morgan fingerprint density at radius 3 is 1.97 bits per heavy atom. The predicted octanol–water partition coefficient (Wildman–Crippen LogP) is 5.08. The molecule has 3 aliphatic carbocycles. The maximum absolute atomic E-state index is 15.4. The zero-order valence-corrected chi connectivity index (χ0v) is 39.9. The number of hydrogen-bond donors (Lipinski definition) is 3. The van der Waals surface area contributed by atoms with E-state index in [-0.39, 0.29) is 42.8 Å². The average molecular weight is 963 g/mol. The maximum Gasteiger partial charge on any atom is 0.350 e. The molecule has 0 spiro atoms. The zero-order chi connectivity index (χ0) is 50.5. The van der Waals surface area contributed by atoms with Crippen molar-refractivity contribution in [3.8, 4) is 0 Å². The molecule has 5 aliphatic rings. The van der Waals surface area contributed by atoms with E-state index >= 15 is 9.59 Å². The van der Waals surface area contributed by atoms with E-state index in [4.69, 9.17) is 23.8 Å². The highest BCUT2D eigenvalue weighted by Crippen LogP contribution is 2.66. The summed E-state index contributed by atoms with van der Waals surface area (Å²) in [6, 6.07) is 23.0. The summed E-state index contributed by atoms with van der Waals surface area (Å²) in [5, 5.41) is 29.0. The number of hydroxylamine groups is 2. The minimum absolute atomic E-state index is 0.129. The first-order chi connectivity index (χ1) is 33.1. The molecule has 17 heteroatoms. The Kier molecular flexibility index (Phi) is 13.5. The van der Waals surface area contributed by atoms with Gasteiger partial charge in [0.25, 0.3) is 17.7 Å². The quantitative estimate of drug-likeness (QED) is 0.0876. The third-order valence-corrected chi connectivity index (χ3v) is 15.6. The standard InChI is InChI=1S/C53H58N2O15/c1-29-34(27-53(65)46(69-48(63)33-20-14-9-15-21-33)44-51(5)28-66-36(51)26-35(56)52(44,6)45(61)30(2)41(29)50(53,3)4)67-49(64)43(68-39(59)24-25-40(60)70-55-37(57)22-23-38(55)58)42(31-16-10-7-11-17-31)54-47(62)32-18-12-8-13-19-32/h7-21,30,34-36,42-44,46,56,65H,22-28H2,1-6H3,(H,54,62)/t30-,34+,35+,36-,42+,43-,44-,46+,51-,52-,53-/m1/s1. The number of fused-ring (bicyclic) bond motifs is 5. The van der Waals surface area contributed by atoms with Gasteiger partial charge in [0.15, 0.2) is 0 Å². The lowest BCUT2D eigenvalue weighted by Crippen LogP contribution is -2.77. The molecule has 0 aromatic heterocycles. The van der Waals surface area contributed by atoms with E-state index in [9.17, 15) is 39.0 Å². The number of esters is 3. The van der Waals surface area contributed by atoms with Crippen LogP contribution in [0.5, 0.6) is 0 Å². The molecular formula is C53H58N2O15. The molecule has 370 valence electrons. The van der Waals surface area contributed by atoms with Crippen LogP contribution in [-0.4, -0.2) is 105 Å². The lowest BCUT2D eigenvalue weighted by atomic mass is 9.41. The van der Waals surface area contributed by atoms with Gasteiger partial charge in [0, 0.05) is 53.9 Å². The van der Waals surface area contributed by atoms with Crippen molar-refractivity contribution < 1.29 is 72.4 Å². The number of hydrogen-bond acceptors (Lipinski definition) is 15. The summed E-state index contributed by atoms with van der Waals surface area (Å²) in [5.74, 6) is -8.69. The molecule has 2 aliphatic heterocycles. The number of Topliss-reactive ketones (excluding diaryl/α,β-unsaturated/α-hetero) is 1. The second-order valence-electron chi connectivity index (χ2n) is 20.1. The highest BCUT2D eigenvalue weighted by molar-refractivity contribution is 6.01. The Balaban J connectivity index is 1.19. The van der Waals surface area contributed by atoms with Crippen molar-refractivity contribution in [3.63, 3.8) is 0 Å². The summed E-state index contributed by atoms with van der Waals surface area (Å²) >= 11 is 0. The first-order valence-electron chi connectivity index (χ1n) is 23.5. The number of amides is 3. The molecule has 3 amide bonds. The molecule has 4 fully saturated rings. The number of ether oxygens (including phenoxy) is 4. The fourth-order valence-corrected chi connectivity index (χ4v) is 11.8. The van der Waals surface area contributed by atoms with Crippen molar-refractivity contribution in [2.24, 2.45) is 28.1 Å². The molecule has 17 nitrogen and oxygen atoms in total. The third kappa shape index (κ3) is 8.61. The van der Waals surface area contributed by atoms with Crippen molar-refractivity contribution >= 4 is 47.4 Å². The van der Waals surface area contributed by atoms with Crippen LogP contribution in [0.25, 0.3) is 0 Å². The fraction of sp³-hybridized carbons (Fsp3) is 0.472. The minimum atomic E-state index is -2.14. The summed E-state index contributed by atoms with van der Waals surface area (Å²) < 4.78 is 24.8. The van der Waals surface area contributed by atoms with Crippen molar-refractivity contribution in [1.29, 1.82) is 0 Å². The van der Waals surface area contributed by atoms with E-state index in [0.717, 1.165) is 0 Å². The normalized spacial score (nSPS) is 30.8. The van der Waals surface area contributed by atoms with Crippen LogP contribution in [0.4, 0.5) is 0 Å². The Morgan fingerprint density at radius 2 is 1.39 bits per heavy atom. The van der Waals surface area contributed by atoms with Crippen LogP contribution in [0.2, 0.25) is 0 Å². The van der Waals surface area contributed by atoms with Crippen LogP contribution in [-0.2, 0) is 52.6 Å². The Hall–Kier alpha value is -6.56. The fourth-order valence-electron chi connectivity index (χ4n) is 11.8. The van der Waals surface area contributed by atoms with Gasteiger partial charge in [-0.3, -0.25) is 24.0 Å². The van der Waals surface area contributed by atoms with E-state index < -0.39 is 131 Å². The van der Waals surface area contributed by atoms with E-state index in [1.165, 1.54) is 0 Å². The molecule has 2 bridgehead atoms. The van der Waals surface area contributed by atoms with Crippen LogP contribution < -0.4 is 5.32 Å². The van der Waals surface area contributed by atoms with Crippen molar-refractivity contribution in [1.82, 2.24) is 10.4 Å². The first kappa shape index (κ1) is 49.8. The predicted molar refractivity (Wildman–Crippen MR) is 245 cm³/mol.